The van der Waals surface area contributed by atoms with Gasteiger partial charge in [-0.15, -0.1) is 0 Å². The van der Waals surface area contributed by atoms with E-state index in [-0.39, 0.29) is 19.2 Å². The number of carbonyl (C=O) groups is 1. The van der Waals surface area contributed by atoms with Gasteiger partial charge >= 0.3 is 13.8 Å². The first-order valence-corrected chi connectivity index (χ1v) is 20.4. The molecule has 0 fully saturated rings. The molecule has 0 saturated carbocycles. The predicted octanol–water partition coefficient (Wildman–Crippen LogP) is 11.4. The molecule has 0 aliphatic rings. The second-order valence-corrected chi connectivity index (χ2v) is 14.2. The zero-order chi connectivity index (χ0) is 32.4. The van der Waals surface area contributed by atoms with Gasteiger partial charge in [0.1, 0.15) is 6.10 Å². The second-order valence-electron chi connectivity index (χ2n) is 12.9. The molecule has 0 heterocycles. The smallest absolute Gasteiger partial charge is 0.457 e. The highest BCUT2D eigenvalue weighted by atomic mass is 31.2. The highest BCUT2D eigenvalue weighted by molar-refractivity contribution is 7.46. The van der Waals surface area contributed by atoms with E-state index in [0.717, 1.165) is 32.1 Å². The molecule has 0 spiro atoms. The minimum Gasteiger partial charge on any atom is -0.457 e. The topological polar surface area (TPSA) is 102 Å². The van der Waals surface area contributed by atoms with E-state index in [0.29, 0.717) is 13.0 Å². The number of esters is 1. The van der Waals surface area contributed by atoms with Gasteiger partial charge in [0.15, 0.2) is 0 Å². The van der Waals surface area contributed by atoms with E-state index in [1.165, 1.54) is 148 Å². The molecule has 0 aromatic carbocycles. The summed E-state index contributed by atoms with van der Waals surface area (Å²) in [6.07, 6.45) is 35.2. The number of hydrogen-bond donors (Lipinski definition) is 2. The largest absolute Gasteiger partial charge is 0.469 e. The van der Waals surface area contributed by atoms with Crippen LogP contribution >= 0.6 is 7.82 Å². The SMILES string of the molecule is CCCCCCCCCCCCCCCCCCOC[C@H](COP(=O)(O)O)OC(=O)CCCCCCCCCCCCCC. The number of phosphoric ester groups is 1. The predicted molar refractivity (Wildman–Crippen MR) is 184 cm³/mol. The van der Waals surface area contributed by atoms with Crippen molar-refractivity contribution in [2.45, 2.75) is 206 Å². The van der Waals surface area contributed by atoms with Crippen LogP contribution in [-0.2, 0) is 23.4 Å². The van der Waals surface area contributed by atoms with E-state index in [2.05, 4.69) is 18.4 Å². The summed E-state index contributed by atoms with van der Waals surface area (Å²) in [6, 6.07) is 0. The summed E-state index contributed by atoms with van der Waals surface area (Å²) in [5, 5.41) is 0. The van der Waals surface area contributed by atoms with Crippen LogP contribution in [0, 0.1) is 0 Å². The molecule has 0 saturated heterocycles. The van der Waals surface area contributed by atoms with Gasteiger partial charge in [-0.3, -0.25) is 9.32 Å². The second kappa shape index (κ2) is 33.9. The third kappa shape index (κ3) is 36.0. The number of phosphoric acid groups is 1. The summed E-state index contributed by atoms with van der Waals surface area (Å²) >= 11 is 0. The van der Waals surface area contributed by atoms with Crippen LogP contribution in [0.1, 0.15) is 200 Å². The van der Waals surface area contributed by atoms with Gasteiger partial charge in [-0.25, -0.2) is 4.57 Å². The van der Waals surface area contributed by atoms with Gasteiger partial charge in [-0.2, -0.15) is 0 Å². The van der Waals surface area contributed by atoms with Crippen LogP contribution in [-0.4, -0.2) is 41.7 Å². The lowest BCUT2D eigenvalue weighted by molar-refractivity contribution is -0.154. The van der Waals surface area contributed by atoms with Gasteiger partial charge < -0.3 is 19.3 Å². The van der Waals surface area contributed by atoms with Gasteiger partial charge in [0.05, 0.1) is 13.2 Å². The highest BCUT2D eigenvalue weighted by Crippen LogP contribution is 2.36. The lowest BCUT2D eigenvalue weighted by Gasteiger charge is -2.18. The van der Waals surface area contributed by atoms with E-state index >= 15 is 0 Å². The maximum absolute atomic E-state index is 12.3. The lowest BCUT2D eigenvalue weighted by Crippen LogP contribution is -2.28. The van der Waals surface area contributed by atoms with Crippen molar-refractivity contribution in [2.24, 2.45) is 0 Å². The maximum atomic E-state index is 12.3. The first kappa shape index (κ1) is 43.5. The van der Waals surface area contributed by atoms with Crippen LogP contribution in [0.3, 0.4) is 0 Å². The summed E-state index contributed by atoms with van der Waals surface area (Å²) in [5.74, 6) is -0.359. The van der Waals surface area contributed by atoms with E-state index in [4.69, 9.17) is 19.3 Å². The highest BCUT2D eigenvalue weighted by Gasteiger charge is 2.21. The number of rotatable bonds is 36. The summed E-state index contributed by atoms with van der Waals surface area (Å²) in [4.78, 5) is 30.4. The minimum absolute atomic E-state index is 0.0862. The number of ether oxygens (including phenoxy) is 2. The molecule has 0 aromatic heterocycles. The van der Waals surface area contributed by atoms with Crippen molar-refractivity contribution in [3.8, 4) is 0 Å². The number of unbranched alkanes of at least 4 members (excludes halogenated alkanes) is 26. The Morgan fingerprint density at radius 2 is 0.864 bits per heavy atom. The Bertz CT molecular complexity index is 640. The van der Waals surface area contributed by atoms with Crippen molar-refractivity contribution in [2.75, 3.05) is 19.8 Å². The fraction of sp³-hybridized carbons (Fsp3) is 0.972. The van der Waals surface area contributed by atoms with Crippen molar-refractivity contribution < 1.29 is 33.1 Å². The third-order valence-corrected chi connectivity index (χ3v) is 8.89. The molecule has 0 radical (unpaired) electrons. The van der Waals surface area contributed by atoms with Crippen LogP contribution in [0.25, 0.3) is 0 Å². The van der Waals surface area contributed by atoms with Crippen molar-refractivity contribution >= 4 is 13.8 Å². The fourth-order valence-electron chi connectivity index (χ4n) is 5.62. The Balaban J connectivity index is 3.77. The van der Waals surface area contributed by atoms with Crippen LogP contribution in [0.15, 0.2) is 0 Å². The third-order valence-electron chi connectivity index (χ3n) is 8.41. The monoisotopic (exact) mass is 649 g/mol. The summed E-state index contributed by atoms with van der Waals surface area (Å²) in [7, 11) is -4.64. The molecule has 0 unspecified atom stereocenters. The molecule has 0 aliphatic carbocycles. The van der Waals surface area contributed by atoms with Crippen molar-refractivity contribution in [3.05, 3.63) is 0 Å². The van der Waals surface area contributed by atoms with Crippen molar-refractivity contribution in [1.82, 2.24) is 0 Å². The Morgan fingerprint density at radius 1 is 0.523 bits per heavy atom. The molecule has 0 amide bonds. The molecule has 7 nitrogen and oxygen atoms in total. The average molecular weight is 649 g/mol. The molecule has 2 N–H and O–H groups in total. The Labute approximate surface area is 272 Å². The summed E-state index contributed by atoms with van der Waals surface area (Å²) in [5.41, 5.74) is 0. The average Bonchev–Trinajstić information content (AvgIpc) is 2.99. The zero-order valence-corrected chi connectivity index (χ0v) is 30.0. The molecule has 0 aromatic rings. The molecular formula is C36H73O7P. The van der Waals surface area contributed by atoms with Gasteiger partial charge in [0.2, 0.25) is 0 Å². The van der Waals surface area contributed by atoms with Crippen LogP contribution < -0.4 is 0 Å². The summed E-state index contributed by atoms with van der Waals surface area (Å²) in [6.45, 7) is 4.78. The van der Waals surface area contributed by atoms with Crippen LogP contribution in [0.4, 0.5) is 0 Å². The molecule has 0 rings (SSSR count). The van der Waals surface area contributed by atoms with E-state index < -0.39 is 13.9 Å². The number of hydrogen-bond acceptors (Lipinski definition) is 5. The van der Waals surface area contributed by atoms with Crippen LogP contribution in [0.5, 0.6) is 0 Å². The van der Waals surface area contributed by atoms with Gasteiger partial charge in [-0.05, 0) is 12.8 Å². The van der Waals surface area contributed by atoms with E-state index in [1.54, 1.807) is 0 Å². The molecule has 264 valence electrons. The zero-order valence-electron chi connectivity index (χ0n) is 29.1. The molecule has 1 atom stereocenters. The van der Waals surface area contributed by atoms with Gasteiger partial charge in [0, 0.05) is 13.0 Å². The maximum Gasteiger partial charge on any atom is 0.469 e. The van der Waals surface area contributed by atoms with Gasteiger partial charge in [-0.1, -0.05) is 181 Å². The lowest BCUT2D eigenvalue weighted by atomic mass is 10.0. The van der Waals surface area contributed by atoms with Crippen molar-refractivity contribution in [1.29, 1.82) is 0 Å². The standard InChI is InChI=1S/C36H73O7P/c1-3-5-7-9-11-13-15-17-18-19-20-22-24-26-28-30-32-41-33-35(34-42-44(38,39)40)43-36(37)31-29-27-25-23-21-16-14-12-10-8-6-4-2/h35H,3-34H2,1-2H3,(H2,38,39,40)/t35-/m1/s1. The Kier molecular flexibility index (Phi) is 33.5. The molecule has 0 aliphatic heterocycles. The van der Waals surface area contributed by atoms with Crippen LogP contribution in [0.2, 0.25) is 0 Å². The molecule has 8 heteroatoms. The molecular weight excluding hydrogens is 575 g/mol. The van der Waals surface area contributed by atoms with E-state index in [1.807, 2.05) is 0 Å². The summed E-state index contributed by atoms with van der Waals surface area (Å²) < 4.78 is 26.9. The first-order chi connectivity index (χ1) is 21.4. The Hall–Kier alpha value is -0.460. The van der Waals surface area contributed by atoms with E-state index in [9.17, 15) is 9.36 Å². The minimum atomic E-state index is -4.64. The van der Waals surface area contributed by atoms with Crippen molar-refractivity contribution in [3.63, 3.8) is 0 Å². The Morgan fingerprint density at radius 3 is 1.23 bits per heavy atom. The molecule has 44 heavy (non-hydrogen) atoms. The molecule has 0 bridgehead atoms. The normalized spacial score (nSPS) is 12.5. The van der Waals surface area contributed by atoms with Gasteiger partial charge in [0.25, 0.3) is 0 Å². The first-order valence-electron chi connectivity index (χ1n) is 18.9. The number of carbonyl (C=O) groups excluding carboxylic acids is 1. The fourth-order valence-corrected chi connectivity index (χ4v) is 5.98. The quantitative estimate of drug-likeness (QED) is 0.0396.